The number of benzene rings is 1. The molecular weight excluding hydrogens is 250 g/mol. The number of nitrogens with zero attached hydrogens (tertiary/aromatic N) is 2. The third-order valence-electron chi connectivity index (χ3n) is 4.40. The lowest BCUT2D eigenvalue weighted by Gasteiger charge is -2.35. The number of urea groups is 1. The lowest BCUT2D eigenvalue weighted by molar-refractivity contribution is 0.180. The molecule has 2 heterocycles. The van der Waals surface area contributed by atoms with Gasteiger partial charge in [-0.05, 0) is 30.4 Å². The molecule has 0 atom stereocenters. The van der Waals surface area contributed by atoms with Crippen molar-refractivity contribution in [1.82, 2.24) is 10.2 Å². The average molecular weight is 273 g/mol. The fraction of sp³-hybridized carbons (Fsp3) is 0.562. The number of rotatable bonds is 0. The molecule has 2 aliphatic rings. The van der Waals surface area contributed by atoms with Crippen molar-refractivity contribution in [2.75, 3.05) is 31.1 Å². The van der Waals surface area contributed by atoms with Crippen LogP contribution in [0.15, 0.2) is 24.3 Å². The van der Waals surface area contributed by atoms with E-state index >= 15 is 0 Å². The van der Waals surface area contributed by atoms with Crippen molar-refractivity contribution in [3.63, 3.8) is 0 Å². The largest absolute Gasteiger partial charge is 0.324 e. The molecule has 1 aromatic carbocycles. The molecule has 1 N–H and O–H groups in total. The minimum Gasteiger partial charge on any atom is -0.324 e. The Labute approximate surface area is 120 Å². The number of anilines is 1. The molecule has 0 radical (unpaired) electrons. The second kappa shape index (κ2) is 5.83. The summed E-state index contributed by atoms with van der Waals surface area (Å²) in [7, 11) is 0. The predicted octanol–water partition coefficient (Wildman–Crippen LogP) is 2.45. The second-order valence-electron chi connectivity index (χ2n) is 5.91. The lowest BCUT2D eigenvalue weighted by Crippen LogP contribution is -2.47. The van der Waals surface area contributed by atoms with Gasteiger partial charge in [-0.2, -0.15) is 0 Å². The summed E-state index contributed by atoms with van der Waals surface area (Å²) in [5, 5.41) is 3.39. The fourth-order valence-electron chi connectivity index (χ4n) is 3.03. The van der Waals surface area contributed by atoms with Crippen LogP contribution in [0.3, 0.4) is 0 Å². The van der Waals surface area contributed by atoms with Gasteiger partial charge < -0.3 is 10.2 Å². The van der Waals surface area contributed by atoms with Crippen LogP contribution in [-0.4, -0.2) is 37.1 Å². The van der Waals surface area contributed by atoms with E-state index in [2.05, 4.69) is 24.4 Å². The van der Waals surface area contributed by atoms with Gasteiger partial charge in [-0.1, -0.05) is 25.1 Å². The van der Waals surface area contributed by atoms with Gasteiger partial charge in [-0.3, -0.25) is 4.90 Å². The Hall–Kier alpha value is -1.55. The summed E-state index contributed by atoms with van der Waals surface area (Å²) in [5.74, 6) is 0.747. The number of fused-ring (bicyclic) bond motifs is 1. The van der Waals surface area contributed by atoms with Gasteiger partial charge in [0.25, 0.3) is 0 Å². The van der Waals surface area contributed by atoms with Crippen LogP contribution in [0.2, 0.25) is 0 Å². The van der Waals surface area contributed by atoms with E-state index in [1.165, 1.54) is 5.56 Å². The number of piperidine rings is 1. The first-order valence-corrected chi connectivity index (χ1v) is 7.61. The van der Waals surface area contributed by atoms with Crippen LogP contribution in [0.4, 0.5) is 10.5 Å². The van der Waals surface area contributed by atoms with E-state index in [-0.39, 0.29) is 6.03 Å². The van der Waals surface area contributed by atoms with Crippen LogP contribution >= 0.6 is 0 Å². The van der Waals surface area contributed by atoms with Crippen molar-refractivity contribution in [3.05, 3.63) is 29.8 Å². The maximum absolute atomic E-state index is 12.8. The van der Waals surface area contributed by atoms with Crippen molar-refractivity contribution >= 4 is 11.7 Å². The third kappa shape index (κ3) is 2.66. The number of nitrogens with one attached hydrogen (secondary N) is 1. The Kier molecular flexibility index (Phi) is 3.92. The lowest BCUT2D eigenvalue weighted by atomic mass is 9.99. The Balaban J connectivity index is 1.80. The number of carbonyl (C=O) groups is 1. The van der Waals surface area contributed by atoms with E-state index in [1.807, 2.05) is 21.9 Å². The highest BCUT2D eigenvalue weighted by Crippen LogP contribution is 2.25. The van der Waals surface area contributed by atoms with Crippen LogP contribution in [0.25, 0.3) is 0 Å². The number of amides is 2. The van der Waals surface area contributed by atoms with Crippen molar-refractivity contribution in [1.29, 1.82) is 0 Å². The molecule has 4 heteroatoms. The maximum atomic E-state index is 12.8. The number of para-hydroxylation sites is 1. The molecule has 2 aliphatic heterocycles. The van der Waals surface area contributed by atoms with Crippen LogP contribution in [-0.2, 0) is 6.54 Å². The normalized spacial score (nSPS) is 20.4. The first kappa shape index (κ1) is 13.4. The summed E-state index contributed by atoms with van der Waals surface area (Å²) in [4.78, 5) is 16.8. The first-order valence-electron chi connectivity index (χ1n) is 7.61. The highest BCUT2D eigenvalue weighted by atomic mass is 16.2. The van der Waals surface area contributed by atoms with Crippen LogP contribution in [0.5, 0.6) is 0 Å². The van der Waals surface area contributed by atoms with E-state index < -0.39 is 0 Å². The maximum Gasteiger partial charge on any atom is 0.324 e. The van der Waals surface area contributed by atoms with Crippen molar-refractivity contribution in [3.8, 4) is 0 Å². The summed E-state index contributed by atoms with van der Waals surface area (Å²) in [5.41, 5.74) is 2.28. The molecule has 2 amide bonds. The van der Waals surface area contributed by atoms with Gasteiger partial charge in [0, 0.05) is 38.4 Å². The molecule has 1 saturated heterocycles. The molecule has 1 fully saturated rings. The van der Waals surface area contributed by atoms with Gasteiger partial charge in [0.2, 0.25) is 0 Å². The molecule has 0 aliphatic carbocycles. The number of carbonyl (C=O) groups excluding carboxylic acids is 1. The predicted molar refractivity (Wildman–Crippen MR) is 80.9 cm³/mol. The van der Waals surface area contributed by atoms with Crippen molar-refractivity contribution < 1.29 is 4.79 Å². The second-order valence-corrected chi connectivity index (χ2v) is 5.91. The molecule has 4 nitrogen and oxygen atoms in total. The smallest absolute Gasteiger partial charge is 0.324 e. The van der Waals surface area contributed by atoms with Gasteiger partial charge >= 0.3 is 6.03 Å². The minimum absolute atomic E-state index is 0.174. The van der Waals surface area contributed by atoms with E-state index in [0.717, 1.165) is 57.2 Å². The molecule has 0 bridgehead atoms. The summed E-state index contributed by atoms with van der Waals surface area (Å²) in [6.07, 6.45) is 2.25. The fourth-order valence-corrected chi connectivity index (χ4v) is 3.03. The highest BCUT2D eigenvalue weighted by Gasteiger charge is 2.27. The van der Waals surface area contributed by atoms with Crippen LogP contribution in [0.1, 0.15) is 25.3 Å². The zero-order valence-corrected chi connectivity index (χ0v) is 12.1. The standard InChI is InChI=1S/C16H23N3O/c1-13-6-9-18(10-7-13)16(20)19-11-8-17-12-14-4-2-3-5-15(14)19/h2-5,13,17H,6-12H2,1H3. The summed E-state index contributed by atoms with van der Waals surface area (Å²) >= 11 is 0. The molecule has 1 aromatic rings. The van der Waals surface area contributed by atoms with Gasteiger partial charge in [0.05, 0.1) is 0 Å². The monoisotopic (exact) mass is 273 g/mol. The Morgan fingerprint density at radius 1 is 1.20 bits per heavy atom. The molecule has 0 aromatic heterocycles. The SMILES string of the molecule is CC1CCN(C(=O)N2CCNCc3ccccc32)CC1. The van der Waals surface area contributed by atoms with Crippen molar-refractivity contribution in [2.24, 2.45) is 5.92 Å². The Bertz CT molecular complexity index is 480. The third-order valence-corrected chi connectivity index (χ3v) is 4.40. The van der Waals surface area contributed by atoms with Crippen molar-refractivity contribution in [2.45, 2.75) is 26.3 Å². The minimum atomic E-state index is 0.174. The first-order chi connectivity index (χ1) is 9.75. The number of hydrogen-bond acceptors (Lipinski definition) is 2. The summed E-state index contributed by atoms with van der Waals surface area (Å²) < 4.78 is 0. The molecule has 20 heavy (non-hydrogen) atoms. The zero-order chi connectivity index (χ0) is 13.9. The molecule has 0 saturated carbocycles. The molecule has 0 unspecified atom stereocenters. The molecule has 0 spiro atoms. The number of hydrogen-bond donors (Lipinski definition) is 1. The number of likely N-dealkylation sites (tertiary alicyclic amines) is 1. The average Bonchev–Trinajstić information content (AvgIpc) is 2.69. The van der Waals surface area contributed by atoms with Crippen LogP contribution < -0.4 is 10.2 Å². The highest BCUT2D eigenvalue weighted by molar-refractivity contribution is 5.93. The summed E-state index contributed by atoms with van der Waals surface area (Å²) in [6.45, 7) is 6.51. The molecule has 3 rings (SSSR count). The van der Waals surface area contributed by atoms with Gasteiger partial charge in [0.15, 0.2) is 0 Å². The van der Waals surface area contributed by atoms with Crippen LogP contribution in [0, 0.1) is 5.92 Å². The summed E-state index contributed by atoms with van der Waals surface area (Å²) in [6, 6.07) is 8.40. The quantitative estimate of drug-likeness (QED) is 0.788. The van der Waals surface area contributed by atoms with Gasteiger partial charge in [-0.25, -0.2) is 4.79 Å². The van der Waals surface area contributed by atoms with E-state index in [1.54, 1.807) is 0 Å². The Morgan fingerprint density at radius 2 is 1.95 bits per heavy atom. The van der Waals surface area contributed by atoms with E-state index in [0.29, 0.717) is 0 Å². The molecular formula is C16H23N3O. The zero-order valence-electron chi connectivity index (χ0n) is 12.1. The Morgan fingerprint density at radius 3 is 2.75 bits per heavy atom. The van der Waals surface area contributed by atoms with Gasteiger partial charge in [0.1, 0.15) is 0 Å². The van der Waals surface area contributed by atoms with E-state index in [9.17, 15) is 4.79 Å². The van der Waals surface area contributed by atoms with Gasteiger partial charge in [-0.15, -0.1) is 0 Å². The topological polar surface area (TPSA) is 35.6 Å². The van der Waals surface area contributed by atoms with E-state index in [4.69, 9.17) is 0 Å². The molecule has 108 valence electrons.